The number of pyridine rings is 1. The first kappa shape index (κ1) is 13.1. The van der Waals surface area contributed by atoms with Crippen molar-refractivity contribution in [2.75, 3.05) is 31.6 Å². The van der Waals surface area contributed by atoms with Gasteiger partial charge in [0.15, 0.2) is 0 Å². The highest BCUT2D eigenvalue weighted by molar-refractivity contribution is 6.29. The molecule has 0 aliphatic carbocycles. The quantitative estimate of drug-likeness (QED) is 0.729. The summed E-state index contributed by atoms with van der Waals surface area (Å²) < 4.78 is 0. The molecule has 1 atom stereocenters. The molecule has 0 spiro atoms. The van der Waals surface area contributed by atoms with Crippen molar-refractivity contribution in [2.24, 2.45) is 0 Å². The van der Waals surface area contributed by atoms with Crippen LogP contribution in [0, 0.1) is 11.3 Å². The van der Waals surface area contributed by atoms with Crippen LogP contribution in [0.1, 0.15) is 18.9 Å². The van der Waals surface area contributed by atoms with Gasteiger partial charge in [0.25, 0.3) is 0 Å². The molecule has 0 amide bonds. The van der Waals surface area contributed by atoms with E-state index in [1.807, 2.05) is 6.07 Å². The highest BCUT2D eigenvalue weighted by Crippen LogP contribution is 2.21. The number of nitriles is 1. The first-order valence-electron chi connectivity index (χ1n) is 6.13. The molecule has 1 fully saturated rings. The van der Waals surface area contributed by atoms with Gasteiger partial charge in [0.05, 0.1) is 11.6 Å². The van der Waals surface area contributed by atoms with Crippen LogP contribution >= 0.6 is 11.6 Å². The monoisotopic (exact) mass is 264 g/mol. The second-order valence-electron chi connectivity index (χ2n) is 4.81. The Morgan fingerprint density at radius 2 is 2.22 bits per heavy atom. The van der Waals surface area contributed by atoms with Crippen LogP contribution in [0.2, 0.25) is 5.15 Å². The predicted molar refractivity (Wildman–Crippen MR) is 72.9 cm³/mol. The van der Waals surface area contributed by atoms with E-state index in [-0.39, 0.29) is 0 Å². The van der Waals surface area contributed by atoms with Crippen molar-refractivity contribution in [3.63, 3.8) is 0 Å². The van der Waals surface area contributed by atoms with Crippen LogP contribution in [-0.4, -0.2) is 42.6 Å². The zero-order valence-electron chi connectivity index (χ0n) is 10.7. The van der Waals surface area contributed by atoms with Crippen LogP contribution in [0.5, 0.6) is 0 Å². The molecular formula is C13H17ClN4. The summed E-state index contributed by atoms with van der Waals surface area (Å²) in [6.07, 6.45) is 1.09. The molecule has 0 N–H and O–H groups in total. The molecule has 1 aliphatic rings. The largest absolute Gasteiger partial charge is 0.352 e. The number of anilines is 1. The molecule has 1 saturated heterocycles. The molecule has 0 bridgehead atoms. The van der Waals surface area contributed by atoms with Gasteiger partial charge in [-0.25, -0.2) is 4.98 Å². The van der Waals surface area contributed by atoms with Crippen LogP contribution in [0.4, 0.5) is 5.82 Å². The normalized spacial score (nSPS) is 21.4. The molecule has 2 heterocycles. The van der Waals surface area contributed by atoms with Crippen molar-refractivity contribution in [1.82, 2.24) is 9.88 Å². The maximum absolute atomic E-state index is 8.99. The van der Waals surface area contributed by atoms with Gasteiger partial charge in [-0.15, -0.1) is 0 Å². The van der Waals surface area contributed by atoms with Crippen molar-refractivity contribution in [2.45, 2.75) is 19.4 Å². The minimum Gasteiger partial charge on any atom is -0.352 e. The van der Waals surface area contributed by atoms with Crippen molar-refractivity contribution in [3.8, 4) is 6.07 Å². The Bertz CT molecular complexity index is 469. The summed E-state index contributed by atoms with van der Waals surface area (Å²) in [6.45, 7) is 5.21. The second kappa shape index (κ2) is 5.55. The molecule has 1 aliphatic heterocycles. The van der Waals surface area contributed by atoms with E-state index in [4.69, 9.17) is 16.9 Å². The smallest absolute Gasteiger partial charge is 0.132 e. The van der Waals surface area contributed by atoms with Crippen LogP contribution in [0.3, 0.4) is 0 Å². The number of hydrogen-bond donors (Lipinski definition) is 0. The van der Waals surface area contributed by atoms with Crippen molar-refractivity contribution < 1.29 is 0 Å². The molecule has 1 unspecified atom stereocenters. The molecule has 0 aromatic carbocycles. The third-order valence-electron chi connectivity index (χ3n) is 3.25. The van der Waals surface area contributed by atoms with Gasteiger partial charge in [-0.1, -0.05) is 11.6 Å². The van der Waals surface area contributed by atoms with Gasteiger partial charge in [0.2, 0.25) is 0 Å². The molecular weight excluding hydrogens is 248 g/mol. The maximum Gasteiger partial charge on any atom is 0.132 e. The zero-order chi connectivity index (χ0) is 13.1. The van der Waals surface area contributed by atoms with Gasteiger partial charge < -0.3 is 9.80 Å². The molecule has 2 rings (SSSR count). The van der Waals surface area contributed by atoms with Gasteiger partial charge in [-0.05, 0) is 39.1 Å². The maximum atomic E-state index is 8.99. The molecule has 0 radical (unpaired) electrons. The lowest BCUT2D eigenvalue weighted by molar-refractivity contribution is 0.337. The summed E-state index contributed by atoms with van der Waals surface area (Å²) in [5.74, 6) is 0.807. The summed E-state index contributed by atoms with van der Waals surface area (Å²) in [5, 5.41) is 9.37. The Balaban J connectivity index is 2.29. The molecule has 1 aromatic rings. The number of aromatic nitrogens is 1. The summed E-state index contributed by atoms with van der Waals surface area (Å²) in [6, 6.07) is 5.91. The highest BCUT2D eigenvalue weighted by Gasteiger charge is 2.21. The second-order valence-corrected chi connectivity index (χ2v) is 5.19. The summed E-state index contributed by atoms with van der Waals surface area (Å²) in [4.78, 5) is 8.90. The lowest BCUT2D eigenvalue weighted by atomic mass is 10.2. The Labute approximate surface area is 113 Å². The van der Waals surface area contributed by atoms with Crippen LogP contribution < -0.4 is 4.90 Å². The number of hydrogen-bond acceptors (Lipinski definition) is 4. The minimum atomic E-state index is 0.370. The molecule has 0 saturated carbocycles. The average Bonchev–Trinajstić information content (AvgIpc) is 2.49. The van der Waals surface area contributed by atoms with E-state index >= 15 is 0 Å². The van der Waals surface area contributed by atoms with Gasteiger partial charge in [-0.2, -0.15) is 5.26 Å². The highest BCUT2D eigenvalue weighted by atomic mass is 35.5. The lowest BCUT2D eigenvalue weighted by Crippen LogP contribution is -2.38. The molecule has 4 nitrogen and oxygen atoms in total. The van der Waals surface area contributed by atoms with E-state index < -0.39 is 0 Å². The topological polar surface area (TPSA) is 43.2 Å². The van der Waals surface area contributed by atoms with E-state index in [1.54, 1.807) is 6.07 Å². The molecule has 1 aromatic heterocycles. The summed E-state index contributed by atoms with van der Waals surface area (Å²) in [5.41, 5.74) is 0.565. The minimum absolute atomic E-state index is 0.370. The van der Waals surface area contributed by atoms with Crippen LogP contribution in [0.15, 0.2) is 12.1 Å². The van der Waals surface area contributed by atoms with Gasteiger partial charge in [-0.3, -0.25) is 0 Å². The van der Waals surface area contributed by atoms with E-state index in [0.717, 1.165) is 31.9 Å². The Hall–Kier alpha value is -1.31. The fraction of sp³-hybridized carbons (Fsp3) is 0.538. The van der Waals surface area contributed by atoms with E-state index in [1.165, 1.54) is 0 Å². The fourth-order valence-electron chi connectivity index (χ4n) is 2.41. The summed E-state index contributed by atoms with van der Waals surface area (Å²) in [7, 11) is 2.13. The third kappa shape index (κ3) is 2.92. The molecule has 5 heteroatoms. The van der Waals surface area contributed by atoms with Crippen molar-refractivity contribution >= 4 is 17.4 Å². The molecule has 18 heavy (non-hydrogen) atoms. The number of halogens is 1. The van der Waals surface area contributed by atoms with Gasteiger partial charge in [0, 0.05) is 19.1 Å². The number of likely N-dealkylation sites (N-methyl/N-ethyl adjacent to an activating group) is 1. The molecule has 96 valence electrons. The first-order chi connectivity index (χ1) is 8.60. The van der Waals surface area contributed by atoms with Gasteiger partial charge in [0.1, 0.15) is 11.0 Å². The average molecular weight is 265 g/mol. The van der Waals surface area contributed by atoms with Crippen LogP contribution in [0.25, 0.3) is 0 Å². The lowest BCUT2D eigenvalue weighted by Gasteiger charge is -2.29. The van der Waals surface area contributed by atoms with Gasteiger partial charge >= 0.3 is 0 Å². The Morgan fingerprint density at radius 1 is 1.44 bits per heavy atom. The van der Waals surface area contributed by atoms with E-state index in [0.29, 0.717) is 16.8 Å². The van der Waals surface area contributed by atoms with E-state index in [2.05, 4.69) is 34.8 Å². The van der Waals surface area contributed by atoms with Crippen molar-refractivity contribution in [3.05, 3.63) is 22.8 Å². The standard InChI is InChI=1S/C13H17ClN4/c1-10-9-17(2)4-3-5-18(10)13-7-11(8-15)6-12(14)16-13/h6-7,10H,3-5,9H2,1-2H3. The third-order valence-corrected chi connectivity index (χ3v) is 3.44. The Morgan fingerprint density at radius 3 is 2.94 bits per heavy atom. The first-order valence-corrected chi connectivity index (χ1v) is 6.51. The number of nitrogens with zero attached hydrogens (tertiary/aromatic N) is 4. The van der Waals surface area contributed by atoms with Crippen LogP contribution in [-0.2, 0) is 0 Å². The Kier molecular flexibility index (Phi) is 4.05. The van der Waals surface area contributed by atoms with Crippen molar-refractivity contribution in [1.29, 1.82) is 5.26 Å². The SMILES string of the molecule is CC1CN(C)CCCN1c1cc(C#N)cc(Cl)n1. The fourth-order valence-corrected chi connectivity index (χ4v) is 2.61. The summed E-state index contributed by atoms with van der Waals surface area (Å²) >= 11 is 5.97. The predicted octanol–water partition coefficient (Wildman–Crippen LogP) is 2.14. The number of rotatable bonds is 1. The van der Waals surface area contributed by atoms with E-state index in [9.17, 15) is 0 Å². The zero-order valence-corrected chi connectivity index (χ0v) is 11.5.